The summed E-state index contributed by atoms with van der Waals surface area (Å²) in [4.78, 5) is 24.4. The maximum atomic E-state index is 12.8. The molecule has 1 aliphatic heterocycles. The number of pyridine rings is 1. The molecule has 1 saturated carbocycles. The van der Waals surface area contributed by atoms with Crippen LogP contribution in [0.2, 0.25) is 0 Å². The van der Waals surface area contributed by atoms with Gasteiger partial charge in [-0.2, -0.15) is 0 Å². The zero-order valence-electron chi connectivity index (χ0n) is 17.6. The first-order chi connectivity index (χ1) is 15.1. The lowest BCUT2D eigenvalue weighted by atomic mass is 10.1. The van der Waals surface area contributed by atoms with Gasteiger partial charge in [0.15, 0.2) is 0 Å². The van der Waals surface area contributed by atoms with Crippen molar-refractivity contribution in [1.82, 2.24) is 14.5 Å². The molecule has 1 aliphatic carbocycles. The third kappa shape index (κ3) is 3.88. The number of aryl methyl sites for hydroxylation is 1. The number of nitrogens with one attached hydrogen (secondary N) is 1. The van der Waals surface area contributed by atoms with Gasteiger partial charge in [-0.1, -0.05) is 12.1 Å². The van der Waals surface area contributed by atoms with Crippen LogP contribution in [-0.4, -0.2) is 58.1 Å². The molecular formula is C23H27N5O3. The lowest BCUT2D eigenvalue weighted by Crippen LogP contribution is -2.36. The number of aromatic nitrogens is 3. The molecule has 1 saturated heterocycles. The largest absolute Gasteiger partial charge is 0.391 e. The fraction of sp³-hybridized carbons (Fsp3) is 0.435. The van der Waals surface area contributed by atoms with Crippen molar-refractivity contribution in [1.29, 1.82) is 0 Å². The van der Waals surface area contributed by atoms with Gasteiger partial charge in [-0.25, -0.2) is 9.97 Å². The van der Waals surface area contributed by atoms with E-state index in [4.69, 9.17) is 9.72 Å². The summed E-state index contributed by atoms with van der Waals surface area (Å²) in [6.45, 7) is 3.27. The Morgan fingerprint density at radius 1 is 1.16 bits per heavy atom. The van der Waals surface area contributed by atoms with E-state index in [2.05, 4.69) is 27.3 Å². The highest BCUT2D eigenvalue weighted by molar-refractivity contribution is 5.91. The molecule has 5 rings (SSSR count). The molecule has 0 radical (unpaired) electrons. The van der Waals surface area contributed by atoms with E-state index in [0.29, 0.717) is 16.7 Å². The number of morpholine rings is 1. The maximum Gasteiger partial charge on any atom is 0.264 e. The molecule has 162 valence electrons. The fourth-order valence-electron chi connectivity index (χ4n) is 4.42. The predicted octanol–water partition coefficient (Wildman–Crippen LogP) is 2.16. The number of nitrogens with zero attached hydrogens (tertiary/aromatic N) is 4. The molecule has 2 unspecified atom stereocenters. The number of benzene rings is 1. The van der Waals surface area contributed by atoms with Gasteiger partial charge in [0.1, 0.15) is 11.2 Å². The number of aliphatic hydroxyl groups excluding tert-OH is 1. The Balaban J connectivity index is 1.54. The molecule has 0 amide bonds. The van der Waals surface area contributed by atoms with Gasteiger partial charge >= 0.3 is 0 Å². The molecule has 2 atom stereocenters. The Labute approximate surface area is 180 Å². The number of aliphatic hydroxyl groups is 1. The van der Waals surface area contributed by atoms with E-state index in [9.17, 15) is 9.90 Å². The van der Waals surface area contributed by atoms with E-state index in [1.807, 2.05) is 18.2 Å². The Morgan fingerprint density at radius 2 is 1.94 bits per heavy atom. The highest BCUT2D eigenvalue weighted by Gasteiger charge is 2.26. The van der Waals surface area contributed by atoms with Gasteiger partial charge in [0.2, 0.25) is 0 Å². The second-order valence-electron chi connectivity index (χ2n) is 8.31. The van der Waals surface area contributed by atoms with Crippen LogP contribution in [0, 0.1) is 0 Å². The lowest BCUT2D eigenvalue weighted by Gasteiger charge is -2.28. The molecule has 0 spiro atoms. The molecule has 31 heavy (non-hydrogen) atoms. The standard InChI is InChI=1S/C23H27N5O3/c1-27-14-24-19-13-18(15-5-7-16(8-6-15)28-9-11-31-12-10-28)26-22(21(19)23(27)30)25-17-3-2-4-20(17)29/h5-8,13-14,17,20,29H,2-4,9-12H2,1H3,(H,25,26). The summed E-state index contributed by atoms with van der Waals surface area (Å²) in [5, 5.41) is 14.1. The van der Waals surface area contributed by atoms with Crippen LogP contribution in [0.15, 0.2) is 41.5 Å². The van der Waals surface area contributed by atoms with E-state index >= 15 is 0 Å². The Hall–Kier alpha value is -2.97. The minimum atomic E-state index is -0.436. The number of anilines is 2. The molecule has 2 aromatic heterocycles. The third-order valence-corrected chi connectivity index (χ3v) is 6.24. The van der Waals surface area contributed by atoms with Crippen LogP contribution < -0.4 is 15.8 Å². The number of hydrogen-bond acceptors (Lipinski definition) is 7. The fourth-order valence-corrected chi connectivity index (χ4v) is 4.42. The van der Waals surface area contributed by atoms with Gasteiger partial charge in [0, 0.05) is 31.4 Å². The number of hydrogen-bond donors (Lipinski definition) is 2. The monoisotopic (exact) mass is 421 g/mol. The van der Waals surface area contributed by atoms with Gasteiger partial charge in [-0.05, 0) is 37.5 Å². The summed E-state index contributed by atoms with van der Waals surface area (Å²) in [6, 6.07) is 10.0. The van der Waals surface area contributed by atoms with Crippen molar-refractivity contribution in [3.63, 3.8) is 0 Å². The number of fused-ring (bicyclic) bond motifs is 1. The first kappa shape index (κ1) is 20.0. The first-order valence-electron chi connectivity index (χ1n) is 10.8. The number of rotatable bonds is 4. The van der Waals surface area contributed by atoms with E-state index in [1.54, 1.807) is 7.05 Å². The highest BCUT2D eigenvalue weighted by Crippen LogP contribution is 2.29. The van der Waals surface area contributed by atoms with Crippen LogP contribution in [0.4, 0.5) is 11.5 Å². The van der Waals surface area contributed by atoms with Gasteiger partial charge in [0.05, 0.1) is 42.9 Å². The summed E-state index contributed by atoms with van der Waals surface area (Å²) < 4.78 is 6.89. The van der Waals surface area contributed by atoms with Crippen LogP contribution in [0.3, 0.4) is 0 Å². The van der Waals surface area contributed by atoms with Crippen LogP contribution in [0.5, 0.6) is 0 Å². The van der Waals surface area contributed by atoms with Crippen LogP contribution in [-0.2, 0) is 11.8 Å². The van der Waals surface area contributed by atoms with E-state index < -0.39 is 6.10 Å². The molecule has 3 heterocycles. The molecule has 1 aromatic carbocycles. The zero-order valence-corrected chi connectivity index (χ0v) is 17.6. The van der Waals surface area contributed by atoms with Crippen molar-refractivity contribution in [3.05, 3.63) is 47.0 Å². The quantitative estimate of drug-likeness (QED) is 0.667. The zero-order chi connectivity index (χ0) is 21.4. The van der Waals surface area contributed by atoms with Gasteiger partial charge in [-0.3, -0.25) is 4.79 Å². The Kier molecular flexibility index (Phi) is 5.33. The van der Waals surface area contributed by atoms with E-state index in [1.165, 1.54) is 10.9 Å². The second kappa shape index (κ2) is 8.28. The van der Waals surface area contributed by atoms with Crippen molar-refractivity contribution in [2.45, 2.75) is 31.4 Å². The van der Waals surface area contributed by atoms with Crippen LogP contribution >= 0.6 is 0 Å². The smallest absolute Gasteiger partial charge is 0.264 e. The summed E-state index contributed by atoms with van der Waals surface area (Å²) in [5.74, 6) is 0.490. The van der Waals surface area contributed by atoms with E-state index in [-0.39, 0.29) is 11.6 Å². The first-order valence-corrected chi connectivity index (χ1v) is 10.8. The third-order valence-electron chi connectivity index (χ3n) is 6.24. The van der Waals surface area contributed by atoms with Crippen molar-refractivity contribution >= 4 is 22.4 Å². The van der Waals surface area contributed by atoms with Crippen LogP contribution in [0.25, 0.3) is 22.2 Å². The normalized spacial score (nSPS) is 21.5. The Bertz CT molecular complexity index is 1140. The van der Waals surface area contributed by atoms with Gasteiger partial charge < -0.3 is 24.6 Å². The lowest BCUT2D eigenvalue weighted by molar-refractivity contribution is 0.122. The molecular weight excluding hydrogens is 394 g/mol. The van der Waals surface area contributed by atoms with E-state index in [0.717, 1.165) is 62.5 Å². The molecule has 8 heteroatoms. The molecule has 2 fully saturated rings. The molecule has 3 aromatic rings. The van der Waals surface area contributed by atoms with Crippen molar-refractivity contribution in [2.24, 2.45) is 7.05 Å². The molecule has 2 N–H and O–H groups in total. The summed E-state index contributed by atoms with van der Waals surface area (Å²) >= 11 is 0. The maximum absolute atomic E-state index is 12.8. The number of ether oxygens (including phenoxy) is 1. The highest BCUT2D eigenvalue weighted by atomic mass is 16.5. The van der Waals surface area contributed by atoms with Crippen molar-refractivity contribution in [3.8, 4) is 11.3 Å². The predicted molar refractivity (Wildman–Crippen MR) is 121 cm³/mol. The topological polar surface area (TPSA) is 92.5 Å². The van der Waals surface area contributed by atoms with Crippen LogP contribution in [0.1, 0.15) is 19.3 Å². The average molecular weight is 422 g/mol. The van der Waals surface area contributed by atoms with Crippen molar-refractivity contribution < 1.29 is 9.84 Å². The minimum absolute atomic E-state index is 0.112. The summed E-state index contributed by atoms with van der Waals surface area (Å²) in [5.41, 5.74) is 3.31. The second-order valence-corrected chi connectivity index (χ2v) is 8.31. The summed E-state index contributed by atoms with van der Waals surface area (Å²) in [7, 11) is 1.68. The average Bonchev–Trinajstić information content (AvgIpc) is 3.21. The van der Waals surface area contributed by atoms with Crippen molar-refractivity contribution in [2.75, 3.05) is 36.5 Å². The molecule has 2 aliphatic rings. The minimum Gasteiger partial charge on any atom is -0.391 e. The van der Waals surface area contributed by atoms with Gasteiger partial charge in [0.25, 0.3) is 5.56 Å². The Morgan fingerprint density at radius 3 is 2.65 bits per heavy atom. The molecule has 0 bridgehead atoms. The SMILES string of the molecule is Cn1cnc2cc(-c3ccc(N4CCOCC4)cc3)nc(NC3CCCC3O)c2c1=O. The molecule has 8 nitrogen and oxygen atoms in total. The summed E-state index contributed by atoms with van der Waals surface area (Å²) in [6.07, 6.45) is 3.66. The van der Waals surface area contributed by atoms with Gasteiger partial charge in [-0.15, -0.1) is 0 Å².